The molecule has 0 unspecified atom stereocenters. The van der Waals surface area contributed by atoms with Gasteiger partial charge in [-0.05, 0) is 26.0 Å². The number of hydrogen-bond acceptors (Lipinski definition) is 4. The van der Waals surface area contributed by atoms with Gasteiger partial charge >= 0.3 is 0 Å². The van der Waals surface area contributed by atoms with Gasteiger partial charge in [0.15, 0.2) is 0 Å². The number of nitrogens with zero attached hydrogens (tertiary/aromatic N) is 4. The highest BCUT2D eigenvalue weighted by Gasteiger charge is 2.14. The average molecular weight is 254 g/mol. The van der Waals surface area contributed by atoms with Crippen LogP contribution in [0.15, 0.2) is 24.3 Å². The summed E-state index contributed by atoms with van der Waals surface area (Å²) in [6, 6.07) is 10.2. The standard InChI is InChI=1S/C13H10N4S/c1-8-10(7-14)9(2)17(16-8)13-15-11-5-3-4-6-12(11)18-13/h3-6H,1-2H3. The molecule has 0 saturated carbocycles. The number of hydrogen-bond donors (Lipinski definition) is 0. The second-order valence-electron chi connectivity index (χ2n) is 4.03. The fourth-order valence-corrected chi connectivity index (χ4v) is 2.91. The highest BCUT2D eigenvalue weighted by Crippen LogP contribution is 2.26. The topological polar surface area (TPSA) is 54.5 Å². The van der Waals surface area contributed by atoms with Crippen molar-refractivity contribution in [2.75, 3.05) is 0 Å². The third kappa shape index (κ3) is 1.50. The van der Waals surface area contributed by atoms with Crippen LogP contribution in [0.1, 0.15) is 17.0 Å². The van der Waals surface area contributed by atoms with E-state index in [1.54, 1.807) is 16.0 Å². The fourth-order valence-electron chi connectivity index (χ4n) is 1.94. The van der Waals surface area contributed by atoms with E-state index in [-0.39, 0.29) is 0 Å². The molecular formula is C13H10N4S. The number of thiazole rings is 1. The van der Waals surface area contributed by atoms with Gasteiger partial charge in [-0.1, -0.05) is 23.5 Å². The van der Waals surface area contributed by atoms with Crippen molar-refractivity contribution in [1.82, 2.24) is 14.8 Å². The van der Waals surface area contributed by atoms with Crippen molar-refractivity contribution in [2.45, 2.75) is 13.8 Å². The van der Waals surface area contributed by atoms with Crippen LogP contribution < -0.4 is 0 Å². The second-order valence-corrected chi connectivity index (χ2v) is 5.04. The maximum absolute atomic E-state index is 9.08. The summed E-state index contributed by atoms with van der Waals surface area (Å²) in [5.74, 6) is 0. The lowest BCUT2D eigenvalue weighted by Gasteiger charge is -1.96. The molecule has 18 heavy (non-hydrogen) atoms. The van der Waals surface area contributed by atoms with E-state index in [9.17, 15) is 0 Å². The van der Waals surface area contributed by atoms with Crippen molar-refractivity contribution in [1.29, 1.82) is 5.26 Å². The number of rotatable bonds is 1. The zero-order valence-corrected chi connectivity index (χ0v) is 10.8. The van der Waals surface area contributed by atoms with E-state index >= 15 is 0 Å². The summed E-state index contributed by atoms with van der Waals surface area (Å²) >= 11 is 1.58. The molecule has 4 nitrogen and oxygen atoms in total. The van der Waals surface area contributed by atoms with Gasteiger partial charge in [-0.2, -0.15) is 10.4 Å². The molecule has 5 heteroatoms. The first-order valence-electron chi connectivity index (χ1n) is 5.53. The van der Waals surface area contributed by atoms with Crippen LogP contribution in [0.5, 0.6) is 0 Å². The number of benzene rings is 1. The van der Waals surface area contributed by atoms with Gasteiger partial charge < -0.3 is 0 Å². The zero-order chi connectivity index (χ0) is 12.7. The fraction of sp³-hybridized carbons (Fsp3) is 0.154. The summed E-state index contributed by atoms with van der Waals surface area (Å²) in [6.45, 7) is 3.74. The van der Waals surface area contributed by atoms with Crippen LogP contribution >= 0.6 is 11.3 Å². The molecule has 0 amide bonds. The molecule has 1 aromatic carbocycles. The molecule has 0 N–H and O–H groups in total. The molecule has 3 rings (SSSR count). The summed E-state index contributed by atoms with van der Waals surface area (Å²) < 4.78 is 2.87. The predicted molar refractivity (Wildman–Crippen MR) is 70.9 cm³/mol. The Morgan fingerprint density at radius 2 is 2.06 bits per heavy atom. The van der Waals surface area contributed by atoms with Crippen LogP contribution in [-0.4, -0.2) is 14.8 Å². The van der Waals surface area contributed by atoms with E-state index in [1.165, 1.54) is 0 Å². The molecular weight excluding hydrogens is 244 g/mol. The summed E-state index contributed by atoms with van der Waals surface area (Å²) in [6.07, 6.45) is 0. The van der Waals surface area contributed by atoms with E-state index < -0.39 is 0 Å². The number of para-hydroxylation sites is 1. The van der Waals surface area contributed by atoms with Gasteiger partial charge in [-0.25, -0.2) is 9.67 Å². The lowest BCUT2D eigenvalue weighted by molar-refractivity contribution is 0.827. The number of aromatic nitrogens is 3. The Morgan fingerprint density at radius 3 is 2.72 bits per heavy atom. The van der Waals surface area contributed by atoms with Crippen molar-refractivity contribution in [3.63, 3.8) is 0 Å². The first-order valence-corrected chi connectivity index (χ1v) is 6.34. The molecule has 88 valence electrons. The molecule has 0 fully saturated rings. The first-order chi connectivity index (χ1) is 8.70. The van der Waals surface area contributed by atoms with Crippen LogP contribution in [0.4, 0.5) is 0 Å². The Bertz CT molecular complexity index is 743. The third-order valence-corrected chi connectivity index (χ3v) is 3.88. The largest absolute Gasteiger partial charge is 0.218 e. The Labute approximate surface area is 108 Å². The van der Waals surface area contributed by atoms with Crippen molar-refractivity contribution in [3.8, 4) is 11.2 Å². The van der Waals surface area contributed by atoms with Gasteiger partial charge in [0.25, 0.3) is 0 Å². The Hall–Kier alpha value is -2.19. The van der Waals surface area contributed by atoms with E-state index in [0.29, 0.717) is 5.56 Å². The third-order valence-electron chi connectivity index (χ3n) is 2.87. The summed E-state index contributed by atoms with van der Waals surface area (Å²) in [5.41, 5.74) is 3.18. The molecule has 0 saturated heterocycles. The second kappa shape index (κ2) is 3.93. The van der Waals surface area contributed by atoms with Crippen LogP contribution in [-0.2, 0) is 0 Å². The van der Waals surface area contributed by atoms with Gasteiger partial charge in [0.05, 0.1) is 27.2 Å². The van der Waals surface area contributed by atoms with Gasteiger partial charge in [-0.15, -0.1) is 0 Å². The summed E-state index contributed by atoms with van der Waals surface area (Å²) in [7, 11) is 0. The quantitative estimate of drug-likeness (QED) is 0.670. The van der Waals surface area contributed by atoms with E-state index in [2.05, 4.69) is 16.2 Å². The highest BCUT2D eigenvalue weighted by molar-refractivity contribution is 7.20. The SMILES string of the molecule is Cc1nn(-c2nc3ccccc3s2)c(C)c1C#N. The van der Waals surface area contributed by atoms with Crippen molar-refractivity contribution >= 4 is 21.6 Å². The first kappa shape index (κ1) is 10.9. The molecule has 0 radical (unpaired) electrons. The van der Waals surface area contributed by atoms with E-state index in [0.717, 1.165) is 26.7 Å². The van der Waals surface area contributed by atoms with Gasteiger partial charge in [0.1, 0.15) is 6.07 Å². The van der Waals surface area contributed by atoms with Crippen molar-refractivity contribution < 1.29 is 0 Å². The van der Waals surface area contributed by atoms with Crippen LogP contribution in [0.25, 0.3) is 15.3 Å². The Balaban J connectivity index is 2.24. The lowest BCUT2D eigenvalue weighted by Crippen LogP contribution is -1.98. The lowest BCUT2D eigenvalue weighted by atomic mass is 10.2. The molecule has 0 aliphatic carbocycles. The minimum atomic E-state index is 0.634. The minimum absolute atomic E-state index is 0.634. The smallest absolute Gasteiger partial charge is 0.211 e. The monoisotopic (exact) mass is 254 g/mol. The Morgan fingerprint density at radius 1 is 1.28 bits per heavy atom. The maximum Gasteiger partial charge on any atom is 0.211 e. The van der Waals surface area contributed by atoms with E-state index in [4.69, 9.17) is 5.26 Å². The molecule has 3 aromatic rings. The van der Waals surface area contributed by atoms with Gasteiger partial charge in [0, 0.05) is 0 Å². The Kier molecular flexibility index (Phi) is 2.39. The normalized spacial score (nSPS) is 10.7. The molecule has 0 spiro atoms. The highest BCUT2D eigenvalue weighted by atomic mass is 32.1. The summed E-state index contributed by atoms with van der Waals surface area (Å²) in [5, 5.41) is 14.3. The van der Waals surface area contributed by atoms with Gasteiger partial charge in [-0.3, -0.25) is 0 Å². The van der Waals surface area contributed by atoms with Crippen molar-refractivity contribution in [3.05, 3.63) is 41.2 Å². The van der Waals surface area contributed by atoms with Crippen LogP contribution in [0.2, 0.25) is 0 Å². The molecule has 0 aliphatic heterocycles. The maximum atomic E-state index is 9.08. The van der Waals surface area contributed by atoms with Crippen LogP contribution in [0.3, 0.4) is 0 Å². The van der Waals surface area contributed by atoms with Crippen molar-refractivity contribution in [2.24, 2.45) is 0 Å². The number of aryl methyl sites for hydroxylation is 1. The van der Waals surface area contributed by atoms with Gasteiger partial charge in [0.2, 0.25) is 5.13 Å². The summed E-state index contributed by atoms with van der Waals surface area (Å²) in [4.78, 5) is 4.54. The predicted octanol–water partition coefficient (Wildman–Crippen LogP) is 2.97. The zero-order valence-electron chi connectivity index (χ0n) is 10.0. The number of fused-ring (bicyclic) bond motifs is 1. The van der Waals surface area contributed by atoms with E-state index in [1.807, 2.05) is 38.1 Å². The molecule has 0 aliphatic rings. The van der Waals surface area contributed by atoms with Crippen LogP contribution in [0, 0.1) is 25.2 Å². The molecule has 0 bridgehead atoms. The molecule has 2 heterocycles. The average Bonchev–Trinajstić information content (AvgIpc) is 2.90. The number of nitriles is 1. The molecule has 0 atom stereocenters. The minimum Gasteiger partial charge on any atom is -0.218 e. The molecule has 2 aromatic heterocycles.